The number of benzene rings is 1. The van der Waals surface area contributed by atoms with E-state index in [9.17, 15) is 4.79 Å². The summed E-state index contributed by atoms with van der Waals surface area (Å²) in [6, 6.07) is 14.3. The number of thioether (sulfide) groups is 1. The number of carbonyl (C=O) groups is 1. The molecule has 0 saturated carbocycles. The van der Waals surface area contributed by atoms with Gasteiger partial charge in [0.2, 0.25) is 5.91 Å². The molecule has 0 spiro atoms. The molecule has 0 radical (unpaired) electrons. The quantitative estimate of drug-likeness (QED) is 0.767. The number of piperidine rings is 1. The van der Waals surface area contributed by atoms with E-state index in [1.54, 1.807) is 11.8 Å². The van der Waals surface area contributed by atoms with Gasteiger partial charge in [-0.25, -0.2) is 4.98 Å². The van der Waals surface area contributed by atoms with Gasteiger partial charge in [-0.3, -0.25) is 4.79 Å². The first kappa shape index (κ1) is 17.8. The Kier molecular flexibility index (Phi) is 5.97. The van der Waals surface area contributed by atoms with Crippen LogP contribution in [0.4, 0.5) is 5.82 Å². The highest BCUT2D eigenvalue weighted by Gasteiger charge is 2.28. The van der Waals surface area contributed by atoms with Crippen LogP contribution in [0, 0.1) is 5.92 Å². The predicted molar refractivity (Wildman–Crippen MR) is 104 cm³/mol. The summed E-state index contributed by atoms with van der Waals surface area (Å²) in [5.41, 5.74) is 1.18. The molecule has 2 heterocycles. The molecule has 0 aliphatic carbocycles. The number of hydrogen-bond acceptors (Lipinski definition) is 4. The maximum Gasteiger partial charge on any atom is 0.227 e. The summed E-state index contributed by atoms with van der Waals surface area (Å²) in [7, 11) is 1.91. The summed E-state index contributed by atoms with van der Waals surface area (Å²) in [6.45, 7) is 2.39. The average molecular weight is 356 g/mol. The van der Waals surface area contributed by atoms with E-state index in [1.807, 2.05) is 36.3 Å². The maximum absolute atomic E-state index is 12.9. The Balaban J connectivity index is 1.63. The van der Waals surface area contributed by atoms with E-state index < -0.39 is 0 Å². The first-order valence-corrected chi connectivity index (χ1v) is 9.93. The Bertz CT molecular complexity index is 707. The molecule has 25 heavy (non-hydrogen) atoms. The SMILES string of the molecule is CSc1cccc(CN(C)C(=O)C2CCCN(c3ccccn3)C2)c1. The van der Waals surface area contributed by atoms with Crippen LogP contribution >= 0.6 is 11.8 Å². The summed E-state index contributed by atoms with van der Waals surface area (Å²) in [5, 5.41) is 0. The maximum atomic E-state index is 12.9. The number of pyridine rings is 1. The summed E-state index contributed by atoms with van der Waals surface area (Å²) in [4.78, 5) is 22.7. The lowest BCUT2D eigenvalue weighted by Gasteiger charge is -2.34. The molecule has 0 bridgehead atoms. The second-order valence-electron chi connectivity index (χ2n) is 6.52. The van der Waals surface area contributed by atoms with Gasteiger partial charge in [-0.15, -0.1) is 11.8 Å². The van der Waals surface area contributed by atoms with Crippen molar-refractivity contribution in [2.45, 2.75) is 24.3 Å². The molecule has 1 atom stereocenters. The van der Waals surface area contributed by atoms with Crippen molar-refractivity contribution in [3.05, 3.63) is 54.2 Å². The second kappa shape index (κ2) is 8.39. The minimum Gasteiger partial charge on any atom is -0.356 e. The van der Waals surface area contributed by atoms with Gasteiger partial charge in [-0.1, -0.05) is 18.2 Å². The van der Waals surface area contributed by atoms with Crippen LogP contribution in [0.5, 0.6) is 0 Å². The monoisotopic (exact) mass is 355 g/mol. The Morgan fingerprint density at radius 3 is 2.96 bits per heavy atom. The van der Waals surface area contributed by atoms with Crippen LogP contribution in [0.25, 0.3) is 0 Å². The minimum absolute atomic E-state index is 0.0458. The third kappa shape index (κ3) is 4.54. The lowest BCUT2D eigenvalue weighted by molar-refractivity contribution is -0.135. The lowest BCUT2D eigenvalue weighted by Crippen LogP contribution is -2.43. The first-order chi connectivity index (χ1) is 12.2. The van der Waals surface area contributed by atoms with Gasteiger partial charge in [0.05, 0.1) is 5.92 Å². The van der Waals surface area contributed by atoms with Gasteiger partial charge < -0.3 is 9.80 Å². The third-order valence-electron chi connectivity index (χ3n) is 4.67. The fraction of sp³-hybridized carbons (Fsp3) is 0.400. The summed E-state index contributed by atoms with van der Waals surface area (Å²) in [6.07, 6.45) is 5.87. The van der Waals surface area contributed by atoms with Crippen LogP contribution < -0.4 is 4.90 Å². The molecule has 5 heteroatoms. The van der Waals surface area contributed by atoms with E-state index in [2.05, 4.69) is 40.4 Å². The topological polar surface area (TPSA) is 36.4 Å². The lowest BCUT2D eigenvalue weighted by atomic mass is 9.96. The normalized spacial score (nSPS) is 17.4. The molecule has 1 aromatic heterocycles. The van der Waals surface area contributed by atoms with Crippen LogP contribution in [-0.2, 0) is 11.3 Å². The van der Waals surface area contributed by atoms with Gasteiger partial charge in [-0.2, -0.15) is 0 Å². The molecule has 1 aliphatic heterocycles. The first-order valence-electron chi connectivity index (χ1n) is 8.71. The Morgan fingerprint density at radius 2 is 2.20 bits per heavy atom. The molecule has 1 fully saturated rings. The molecule has 0 N–H and O–H groups in total. The van der Waals surface area contributed by atoms with E-state index in [1.165, 1.54) is 10.5 Å². The highest BCUT2D eigenvalue weighted by atomic mass is 32.2. The Hall–Kier alpha value is -2.01. The van der Waals surface area contributed by atoms with Crippen molar-refractivity contribution in [1.82, 2.24) is 9.88 Å². The number of hydrogen-bond donors (Lipinski definition) is 0. The summed E-state index contributed by atoms with van der Waals surface area (Å²) in [5.74, 6) is 1.25. The van der Waals surface area contributed by atoms with Gasteiger partial charge in [0, 0.05) is 37.8 Å². The number of amides is 1. The highest BCUT2D eigenvalue weighted by molar-refractivity contribution is 7.98. The number of rotatable bonds is 5. The number of nitrogens with zero attached hydrogens (tertiary/aromatic N) is 3. The third-order valence-corrected chi connectivity index (χ3v) is 5.40. The van der Waals surface area contributed by atoms with Crippen molar-refractivity contribution in [2.75, 3.05) is 31.3 Å². The average Bonchev–Trinajstić information content (AvgIpc) is 2.68. The Labute approximate surface area is 154 Å². The summed E-state index contributed by atoms with van der Waals surface area (Å²) < 4.78 is 0. The van der Waals surface area contributed by atoms with Crippen LogP contribution in [0.3, 0.4) is 0 Å². The molecule has 1 aromatic carbocycles. The minimum atomic E-state index is 0.0458. The second-order valence-corrected chi connectivity index (χ2v) is 7.40. The molecule has 2 aromatic rings. The Morgan fingerprint density at radius 1 is 1.32 bits per heavy atom. The zero-order valence-corrected chi connectivity index (χ0v) is 15.7. The summed E-state index contributed by atoms with van der Waals surface area (Å²) >= 11 is 1.73. The molecular formula is C20H25N3OS. The number of anilines is 1. The van der Waals surface area contributed by atoms with Crippen LogP contribution in [0.15, 0.2) is 53.6 Å². The predicted octanol–water partition coefficient (Wildman–Crippen LogP) is 3.68. The highest BCUT2D eigenvalue weighted by Crippen LogP contribution is 2.23. The van der Waals surface area contributed by atoms with Gasteiger partial charge in [0.25, 0.3) is 0 Å². The molecule has 1 aliphatic rings. The fourth-order valence-electron chi connectivity index (χ4n) is 3.36. The van der Waals surface area contributed by atoms with E-state index >= 15 is 0 Å². The van der Waals surface area contributed by atoms with Gasteiger partial charge >= 0.3 is 0 Å². The van der Waals surface area contributed by atoms with E-state index in [0.29, 0.717) is 6.54 Å². The standard InChI is InChI=1S/C20H25N3OS/c1-22(14-16-7-5-9-18(13-16)25-2)20(24)17-8-6-12-23(15-17)19-10-3-4-11-21-19/h3-5,7,9-11,13,17H,6,8,12,14-15H2,1-2H3. The largest absolute Gasteiger partial charge is 0.356 e. The molecular weight excluding hydrogens is 330 g/mol. The van der Waals surface area contributed by atoms with Crippen LogP contribution in [-0.4, -0.2) is 42.2 Å². The molecule has 1 saturated heterocycles. The number of carbonyl (C=O) groups excluding carboxylic acids is 1. The molecule has 1 unspecified atom stereocenters. The van der Waals surface area contributed by atoms with Crippen molar-refractivity contribution in [2.24, 2.45) is 5.92 Å². The van der Waals surface area contributed by atoms with Gasteiger partial charge in [0.1, 0.15) is 5.82 Å². The van der Waals surface area contributed by atoms with E-state index in [0.717, 1.165) is 31.7 Å². The van der Waals surface area contributed by atoms with Gasteiger partial charge in [0.15, 0.2) is 0 Å². The zero-order valence-electron chi connectivity index (χ0n) is 14.9. The molecule has 1 amide bonds. The molecule has 132 valence electrons. The molecule has 3 rings (SSSR count). The van der Waals surface area contributed by atoms with Crippen LogP contribution in [0.1, 0.15) is 18.4 Å². The smallest absolute Gasteiger partial charge is 0.227 e. The zero-order chi connectivity index (χ0) is 17.6. The fourth-order valence-corrected chi connectivity index (χ4v) is 3.85. The van der Waals surface area contributed by atoms with Crippen molar-refractivity contribution in [1.29, 1.82) is 0 Å². The van der Waals surface area contributed by atoms with Crippen LogP contribution in [0.2, 0.25) is 0 Å². The number of aromatic nitrogens is 1. The van der Waals surface area contributed by atoms with Crippen molar-refractivity contribution >= 4 is 23.5 Å². The van der Waals surface area contributed by atoms with E-state index in [4.69, 9.17) is 0 Å². The molecule has 4 nitrogen and oxygen atoms in total. The van der Waals surface area contributed by atoms with Gasteiger partial charge in [-0.05, 0) is 48.9 Å². The van der Waals surface area contributed by atoms with Crippen molar-refractivity contribution in [3.63, 3.8) is 0 Å². The van der Waals surface area contributed by atoms with Crippen molar-refractivity contribution < 1.29 is 4.79 Å². The van der Waals surface area contributed by atoms with E-state index in [-0.39, 0.29) is 11.8 Å². The van der Waals surface area contributed by atoms with Crippen molar-refractivity contribution in [3.8, 4) is 0 Å².